The molecule has 0 saturated carbocycles. The third kappa shape index (κ3) is 4.88. The second-order valence-corrected chi connectivity index (χ2v) is 9.15. The Morgan fingerprint density at radius 3 is 2.31 bits per heavy atom. The molecule has 5 rings (SSSR count). The minimum Gasteiger partial charge on any atom is -0.495 e. The maximum Gasteiger partial charge on any atom is 0.416 e. The summed E-state index contributed by atoms with van der Waals surface area (Å²) in [6, 6.07) is 6.72. The van der Waals surface area contributed by atoms with Gasteiger partial charge in [0.1, 0.15) is 12.4 Å². The maximum atomic E-state index is 13.5. The zero-order valence-corrected chi connectivity index (χ0v) is 20.9. The van der Waals surface area contributed by atoms with E-state index in [-0.39, 0.29) is 36.4 Å². The molecule has 1 fully saturated rings. The van der Waals surface area contributed by atoms with Gasteiger partial charge in [0.2, 0.25) is 11.6 Å². The lowest BCUT2D eigenvalue weighted by atomic mass is 9.96. The number of morpholine rings is 1. The van der Waals surface area contributed by atoms with Crippen molar-refractivity contribution in [3.05, 3.63) is 82.6 Å². The number of nitrogens with zero attached hydrogens (tertiary/aromatic N) is 4. The van der Waals surface area contributed by atoms with Crippen LogP contribution in [0.3, 0.4) is 0 Å². The van der Waals surface area contributed by atoms with Gasteiger partial charge in [-0.15, -0.1) is 0 Å². The number of imidazole rings is 1. The van der Waals surface area contributed by atoms with Crippen molar-refractivity contribution in [2.75, 3.05) is 20.3 Å². The number of aryl methyl sites for hydroxylation is 1. The van der Waals surface area contributed by atoms with E-state index in [1.165, 1.54) is 18.9 Å². The third-order valence-electron chi connectivity index (χ3n) is 6.49. The highest BCUT2D eigenvalue weighted by atomic mass is 19.4. The minimum absolute atomic E-state index is 0.0797. The Kier molecular flexibility index (Phi) is 6.27. The van der Waals surface area contributed by atoms with Gasteiger partial charge in [-0.3, -0.25) is 0 Å². The molecule has 3 aromatic rings. The van der Waals surface area contributed by atoms with Gasteiger partial charge < -0.3 is 23.8 Å². The van der Waals surface area contributed by atoms with Crippen LogP contribution in [0.5, 0.6) is 5.75 Å². The van der Waals surface area contributed by atoms with E-state index in [2.05, 4.69) is 10.1 Å². The van der Waals surface area contributed by atoms with Gasteiger partial charge in [0.25, 0.3) is 0 Å². The van der Waals surface area contributed by atoms with Crippen LogP contribution in [0.4, 0.5) is 26.3 Å². The van der Waals surface area contributed by atoms with Crippen LogP contribution in [0.25, 0.3) is 11.8 Å². The first-order valence-corrected chi connectivity index (χ1v) is 11.7. The van der Waals surface area contributed by atoms with Crippen LogP contribution in [-0.4, -0.2) is 40.5 Å². The number of oxime groups is 1. The second kappa shape index (κ2) is 9.24. The molecule has 7 nitrogen and oxygen atoms in total. The number of rotatable bonds is 4. The molecule has 1 saturated heterocycles. The van der Waals surface area contributed by atoms with Crippen molar-refractivity contribution in [2.24, 2.45) is 5.16 Å². The Labute approximate surface area is 218 Å². The summed E-state index contributed by atoms with van der Waals surface area (Å²) in [7, 11) is 1.52. The quantitative estimate of drug-likeness (QED) is 0.365. The molecule has 3 heterocycles. The number of alkyl halides is 6. The van der Waals surface area contributed by atoms with Crippen molar-refractivity contribution in [3.8, 4) is 11.4 Å². The zero-order chi connectivity index (χ0) is 28.2. The van der Waals surface area contributed by atoms with E-state index in [9.17, 15) is 26.3 Å². The number of methoxy groups -OCH3 is 1. The van der Waals surface area contributed by atoms with E-state index >= 15 is 0 Å². The molecular formula is C26H22F6N4O3. The SMILES string of the molecule is COc1cc(/C=C2\OCCN3C2=NOC3(C)c2cc(C(F)(F)F)cc(C(F)(F)F)c2)ccc1-n1cnc(C)c1. The molecule has 0 spiro atoms. The molecule has 0 radical (unpaired) electrons. The lowest BCUT2D eigenvalue weighted by molar-refractivity contribution is -0.144. The van der Waals surface area contributed by atoms with Gasteiger partial charge >= 0.3 is 12.4 Å². The second-order valence-electron chi connectivity index (χ2n) is 9.15. The van der Waals surface area contributed by atoms with Gasteiger partial charge in [-0.1, -0.05) is 11.2 Å². The number of hydrogen-bond donors (Lipinski definition) is 0. The van der Waals surface area contributed by atoms with Crippen LogP contribution in [0.15, 0.2) is 59.8 Å². The van der Waals surface area contributed by atoms with Gasteiger partial charge in [0, 0.05) is 18.7 Å². The summed E-state index contributed by atoms with van der Waals surface area (Å²) in [6.45, 7) is 3.44. The van der Waals surface area contributed by atoms with Crippen molar-refractivity contribution in [3.63, 3.8) is 0 Å². The van der Waals surface area contributed by atoms with Gasteiger partial charge in [-0.25, -0.2) is 4.98 Å². The highest BCUT2D eigenvalue weighted by molar-refractivity contribution is 6.01. The van der Waals surface area contributed by atoms with Gasteiger partial charge in [-0.05, 0) is 48.9 Å². The molecule has 1 unspecified atom stereocenters. The zero-order valence-electron chi connectivity index (χ0n) is 20.9. The Hall–Kier alpha value is -4.16. The van der Waals surface area contributed by atoms with Crippen LogP contribution in [0.1, 0.15) is 34.9 Å². The molecule has 0 amide bonds. The van der Waals surface area contributed by atoms with Crippen LogP contribution in [0, 0.1) is 6.92 Å². The van der Waals surface area contributed by atoms with Crippen molar-refractivity contribution >= 4 is 11.9 Å². The summed E-state index contributed by atoms with van der Waals surface area (Å²) >= 11 is 0. The van der Waals surface area contributed by atoms with Crippen molar-refractivity contribution in [2.45, 2.75) is 31.9 Å². The molecule has 0 N–H and O–H groups in total. The van der Waals surface area contributed by atoms with E-state index in [0.29, 0.717) is 23.4 Å². The van der Waals surface area contributed by atoms with Gasteiger partial charge in [-0.2, -0.15) is 26.3 Å². The summed E-state index contributed by atoms with van der Waals surface area (Å²) in [5, 5.41) is 4.00. The summed E-state index contributed by atoms with van der Waals surface area (Å²) in [4.78, 5) is 11.2. The molecule has 1 atom stereocenters. The number of amidine groups is 1. The van der Waals surface area contributed by atoms with Crippen LogP contribution in [0.2, 0.25) is 0 Å². The van der Waals surface area contributed by atoms with Crippen molar-refractivity contribution in [1.82, 2.24) is 14.5 Å². The molecular weight excluding hydrogens is 530 g/mol. The lowest BCUT2D eigenvalue weighted by Gasteiger charge is -2.37. The van der Waals surface area contributed by atoms with Gasteiger partial charge in [0.15, 0.2) is 5.76 Å². The molecule has 2 aliphatic heterocycles. The number of benzene rings is 2. The molecule has 206 valence electrons. The smallest absolute Gasteiger partial charge is 0.416 e. The van der Waals surface area contributed by atoms with E-state index < -0.39 is 29.2 Å². The fourth-order valence-corrected chi connectivity index (χ4v) is 4.48. The third-order valence-corrected chi connectivity index (χ3v) is 6.49. The summed E-state index contributed by atoms with van der Waals surface area (Å²) in [5.74, 6) is 0.914. The monoisotopic (exact) mass is 552 g/mol. The largest absolute Gasteiger partial charge is 0.495 e. The van der Waals surface area contributed by atoms with Crippen LogP contribution < -0.4 is 4.74 Å². The van der Waals surface area contributed by atoms with E-state index in [0.717, 1.165) is 11.4 Å². The Bertz CT molecular complexity index is 1440. The van der Waals surface area contributed by atoms with E-state index in [1.807, 2.05) is 19.2 Å². The molecule has 2 aromatic carbocycles. The summed E-state index contributed by atoms with van der Waals surface area (Å²) < 4.78 is 94.0. The van der Waals surface area contributed by atoms with E-state index in [4.69, 9.17) is 14.3 Å². The Morgan fingerprint density at radius 1 is 1.03 bits per heavy atom. The average Bonchev–Trinajstić information content (AvgIpc) is 3.47. The molecule has 1 aromatic heterocycles. The Balaban J connectivity index is 1.49. The lowest BCUT2D eigenvalue weighted by Crippen LogP contribution is -2.49. The van der Waals surface area contributed by atoms with E-state index in [1.54, 1.807) is 29.1 Å². The minimum atomic E-state index is -4.99. The average molecular weight is 552 g/mol. The highest BCUT2D eigenvalue weighted by Gasteiger charge is 2.49. The first-order valence-electron chi connectivity index (χ1n) is 11.7. The maximum absolute atomic E-state index is 13.5. The number of hydrogen-bond acceptors (Lipinski definition) is 6. The molecule has 0 aliphatic carbocycles. The fraction of sp³-hybridized carbons (Fsp3) is 0.308. The van der Waals surface area contributed by atoms with Crippen molar-refractivity contribution < 1.29 is 40.7 Å². The summed E-state index contributed by atoms with van der Waals surface area (Å²) in [5.41, 5.74) is -2.73. The predicted octanol–water partition coefficient (Wildman–Crippen LogP) is 6.12. The Morgan fingerprint density at radius 2 is 1.72 bits per heavy atom. The normalized spacial score (nSPS) is 20.4. The molecule has 2 aliphatic rings. The standard InChI is InChI=1S/C26H22F6N4O3/c1-15-13-35(14-33-15)20-5-4-16(8-21(20)37-3)9-22-23-34-39-24(2,36(23)6-7-38-22)17-10-18(25(27,28)29)12-19(11-17)26(30,31)32/h4-5,8-14H,6-7H2,1-3H3/b22-9-. The number of fused-ring (bicyclic) bond motifs is 1. The highest BCUT2D eigenvalue weighted by Crippen LogP contribution is 2.43. The van der Waals surface area contributed by atoms with Crippen LogP contribution in [-0.2, 0) is 27.7 Å². The number of halogens is 6. The molecule has 0 bridgehead atoms. The topological polar surface area (TPSA) is 61.1 Å². The fourth-order valence-electron chi connectivity index (χ4n) is 4.48. The predicted molar refractivity (Wildman–Crippen MR) is 128 cm³/mol. The van der Waals surface area contributed by atoms with Gasteiger partial charge in [0.05, 0.1) is 42.5 Å². The summed E-state index contributed by atoms with van der Waals surface area (Å²) in [6.07, 6.45) is -4.87. The first kappa shape index (κ1) is 26.4. The number of ether oxygens (including phenoxy) is 2. The molecule has 13 heteroatoms. The molecule has 39 heavy (non-hydrogen) atoms. The first-order chi connectivity index (χ1) is 18.3. The van der Waals surface area contributed by atoms with Crippen LogP contribution >= 0.6 is 0 Å². The number of aromatic nitrogens is 2. The van der Waals surface area contributed by atoms with Crippen molar-refractivity contribution in [1.29, 1.82) is 0 Å².